The molecule has 0 aliphatic heterocycles. The molecule has 0 aliphatic carbocycles. The second-order valence-electron chi connectivity index (χ2n) is 3.15. The Bertz CT molecular complexity index is 485. The summed E-state index contributed by atoms with van der Waals surface area (Å²) in [5.41, 5.74) is -1.04. The fourth-order valence-electron chi connectivity index (χ4n) is 1.10. The zero-order chi connectivity index (χ0) is 13.1. The van der Waals surface area contributed by atoms with Crippen molar-refractivity contribution >= 4 is 10.0 Å². The van der Waals surface area contributed by atoms with E-state index in [-0.39, 0.29) is 6.54 Å². The lowest BCUT2D eigenvalue weighted by atomic mass is 10.2. The van der Waals surface area contributed by atoms with Crippen LogP contribution in [0.4, 0.5) is 13.2 Å². The molecule has 1 aromatic rings. The van der Waals surface area contributed by atoms with Crippen LogP contribution in [-0.2, 0) is 16.2 Å². The highest BCUT2D eigenvalue weighted by Gasteiger charge is 2.31. The number of aliphatic hydroxyl groups excluding tert-OH is 1. The van der Waals surface area contributed by atoms with E-state index in [9.17, 15) is 21.6 Å². The monoisotopic (exact) mass is 269 g/mol. The first-order valence-electron chi connectivity index (χ1n) is 4.55. The number of rotatable bonds is 4. The minimum atomic E-state index is -4.59. The second kappa shape index (κ2) is 5.03. The van der Waals surface area contributed by atoms with Crippen molar-refractivity contribution in [3.63, 3.8) is 0 Å². The smallest absolute Gasteiger partial charge is 0.395 e. The van der Waals surface area contributed by atoms with Crippen LogP contribution < -0.4 is 4.72 Å². The van der Waals surface area contributed by atoms with Crippen molar-refractivity contribution < 1.29 is 26.7 Å². The summed E-state index contributed by atoms with van der Waals surface area (Å²) in [4.78, 5) is -0.485. The van der Waals surface area contributed by atoms with E-state index in [1.54, 1.807) is 0 Å². The number of aliphatic hydroxyl groups is 1. The van der Waals surface area contributed by atoms with Gasteiger partial charge in [-0.1, -0.05) is 6.07 Å². The van der Waals surface area contributed by atoms with Crippen LogP contribution >= 0.6 is 0 Å². The molecule has 0 fully saturated rings. The molecule has 0 atom stereocenters. The summed E-state index contributed by atoms with van der Waals surface area (Å²) >= 11 is 0. The molecule has 0 unspecified atom stereocenters. The number of sulfonamides is 1. The third-order valence-electron chi connectivity index (χ3n) is 1.88. The molecular formula is C9H10F3NO3S. The lowest BCUT2D eigenvalue weighted by Gasteiger charge is -2.09. The van der Waals surface area contributed by atoms with Gasteiger partial charge in [0.15, 0.2) is 0 Å². The van der Waals surface area contributed by atoms with Gasteiger partial charge in [0.05, 0.1) is 17.1 Å². The maximum atomic E-state index is 12.4. The fourth-order valence-corrected chi connectivity index (χ4v) is 2.17. The summed E-state index contributed by atoms with van der Waals surface area (Å²) in [6, 6.07) is 3.38. The molecule has 17 heavy (non-hydrogen) atoms. The van der Waals surface area contributed by atoms with Gasteiger partial charge < -0.3 is 5.11 Å². The van der Waals surface area contributed by atoms with E-state index in [0.29, 0.717) is 6.07 Å². The second-order valence-corrected chi connectivity index (χ2v) is 4.91. The van der Waals surface area contributed by atoms with E-state index in [4.69, 9.17) is 5.11 Å². The first-order valence-corrected chi connectivity index (χ1v) is 6.03. The first kappa shape index (κ1) is 13.9. The molecule has 96 valence electrons. The van der Waals surface area contributed by atoms with Gasteiger partial charge in [0.1, 0.15) is 0 Å². The highest BCUT2D eigenvalue weighted by atomic mass is 32.2. The van der Waals surface area contributed by atoms with E-state index in [1.807, 2.05) is 4.72 Å². The minimum absolute atomic E-state index is 0.251. The number of halogens is 3. The highest BCUT2D eigenvalue weighted by Crippen LogP contribution is 2.30. The third kappa shape index (κ3) is 3.69. The topological polar surface area (TPSA) is 66.4 Å². The molecule has 0 spiro atoms. The maximum absolute atomic E-state index is 12.4. The van der Waals surface area contributed by atoms with Gasteiger partial charge in [-0.2, -0.15) is 13.2 Å². The molecule has 4 nitrogen and oxygen atoms in total. The van der Waals surface area contributed by atoms with Crippen LogP contribution in [-0.4, -0.2) is 26.7 Å². The zero-order valence-electron chi connectivity index (χ0n) is 8.53. The molecule has 1 rings (SSSR count). The number of benzene rings is 1. The van der Waals surface area contributed by atoms with E-state index in [2.05, 4.69) is 0 Å². The SMILES string of the molecule is O=S(=O)(NCCO)c1cccc(C(F)(F)F)c1. The van der Waals surface area contributed by atoms with Crippen molar-refractivity contribution in [2.75, 3.05) is 13.2 Å². The van der Waals surface area contributed by atoms with Crippen LogP contribution in [0.25, 0.3) is 0 Å². The van der Waals surface area contributed by atoms with Crippen LogP contribution in [0.5, 0.6) is 0 Å². The Labute approximate surface area is 96.1 Å². The van der Waals surface area contributed by atoms with Crippen molar-refractivity contribution in [1.82, 2.24) is 4.72 Å². The molecule has 1 aromatic carbocycles. The predicted octanol–water partition coefficient (Wildman–Crippen LogP) is 0.976. The van der Waals surface area contributed by atoms with E-state index in [1.165, 1.54) is 0 Å². The molecule has 2 N–H and O–H groups in total. The van der Waals surface area contributed by atoms with Crippen LogP contribution in [0.15, 0.2) is 29.2 Å². The number of hydrogen-bond donors (Lipinski definition) is 2. The quantitative estimate of drug-likeness (QED) is 0.856. The first-order chi connectivity index (χ1) is 7.77. The fraction of sp³-hybridized carbons (Fsp3) is 0.333. The van der Waals surface area contributed by atoms with Crippen LogP contribution in [0.2, 0.25) is 0 Å². The molecule has 8 heteroatoms. The Morgan fingerprint density at radius 3 is 2.47 bits per heavy atom. The van der Waals surface area contributed by atoms with Crippen molar-refractivity contribution in [3.8, 4) is 0 Å². The van der Waals surface area contributed by atoms with E-state index < -0.39 is 33.3 Å². The van der Waals surface area contributed by atoms with Crippen molar-refractivity contribution in [1.29, 1.82) is 0 Å². The molecular weight excluding hydrogens is 259 g/mol. The average molecular weight is 269 g/mol. The van der Waals surface area contributed by atoms with Crippen LogP contribution in [0, 0.1) is 0 Å². The van der Waals surface area contributed by atoms with E-state index >= 15 is 0 Å². The molecule has 0 heterocycles. The number of hydrogen-bond acceptors (Lipinski definition) is 3. The summed E-state index contributed by atoms with van der Waals surface area (Å²) in [5.74, 6) is 0. The molecule has 0 aliphatic rings. The van der Waals surface area contributed by atoms with Gasteiger partial charge in [0.2, 0.25) is 10.0 Å². The Balaban J connectivity index is 3.08. The standard InChI is InChI=1S/C9H10F3NO3S/c10-9(11,12)7-2-1-3-8(6-7)17(15,16)13-4-5-14/h1-3,6,13-14H,4-5H2. The molecule has 0 saturated carbocycles. The van der Waals surface area contributed by atoms with Crippen molar-refractivity contribution in [2.24, 2.45) is 0 Å². The summed E-state index contributed by atoms with van der Waals surface area (Å²) in [6.45, 7) is -0.684. The molecule has 0 aromatic heterocycles. The van der Waals surface area contributed by atoms with Crippen molar-refractivity contribution in [3.05, 3.63) is 29.8 Å². The largest absolute Gasteiger partial charge is 0.416 e. The Morgan fingerprint density at radius 2 is 1.94 bits per heavy atom. The third-order valence-corrected chi connectivity index (χ3v) is 3.33. The lowest BCUT2D eigenvalue weighted by Crippen LogP contribution is -2.26. The van der Waals surface area contributed by atoms with Gasteiger partial charge in [0, 0.05) is 6.54 Å². The zero-order valence-corrected chi connectivity index (χ0v) is 9.35. The summed E-state index contributed by atoms with van der Waals surface area (Å²) in [7, 11) is -4.02. The predicted molar refractivity (Wildman–Crippen MR) is 53.7 cm³/mol. The van der Waals surface area contributed by atoms with Gasteiger partial charge in [-0.15, -0.1) is 0 Å². The maximum Gasteiger partial charge on any atom is 0.416 e. The van der Waals surface area contributed by atoms with Gasteiger partial charge in [0.25, 0.3) is 0 Å². The Kier molecular flexibility index (Phi) is 4.12. The Hall–Kier alpha value is -1.12. The molecule has 0 bridgehead atoms. The van der Waals surface area contributed by atoms with Gasteiger partial charge in [-0.3, -0.25) is 0 Å². The minimum Gasteiger partial charge on any atom is -0.395 e. The normalized spacial score (nSPS) is 12.7. The summed E-state index contributed by atoms with van der Waals surface area (Å²) in [5, 5.41) is 8.45. The van der Waals surface area contributed by atoms with E-state index in [0.717, 1.165) is 18.2 Å². The molecule has 0 amide bonds. The van der Waals surface area contributed by atoms with Gasteiger partial charge in [-0.05, 0) is 18.2 Å². The van der Waals surface area contributed by atoms with Crippen molar-refractivity contribution in [2.45, 2.75) is 11.1 Å². The average Bonchev–Trinajstić information content (AvgIpc) is 2.25. The number of alkyl halides is 3. The molecule has 0 saturated heterocycles. The van der Waals surface area contributed by atoms with Crippen LogP contribution in [0.3, 0.4) is 0 Å². The summed E-state index contributed by atoms with van der Waals surface area (Å²) in [6.07, 6.45) is -4.59. The Morgan fingerprint density at radius 1 is 1.29 bits per heavy atom. The van der Waals surface area contributed by atoms with Gasteiger partial charge >= 0.3 is 6.18 Å². The van der Waals surface area contributed by atoms with Gasteiger partial charge in [-0.25, -0.2) is 13.1 Å². The summed E-state index contributed by atoms with van der Waals surface area (Å²) < 4.78 is 62.0. The molecule has 0 radical (unpaired) electrons. The lowest BCUT2D eigenvalue weighted by molar-refractivity contribution is -0.137. The highest BCUT2D eigenvalue weighted by molar-refractivity contribution is 7.89. The van der Waals surface area contributed by atoms with Crippen LogP contribution in [0.1, 0.15) is 5.56 Å². The number of nitrogens with one attached hydrogen (secondary N) is 1.